The number of rotatable bonds is 4. The van der Waals surface area contributed by atoms with E-state index in [-0.39, 0.29) is 16.9 Å². The molecule has 136 valence electrons. The van der Waals surface area contributed by atoms with Gasteiger partial charge >= 0.3 is 0 Å². The van der Waals surface area contributed by atoms with Gasteiger partial charge in [-0.1, -0.05) is 32.9 Å². The van der Waals surface area contributed by atoms with Crippen LogP contribution in [0.5, 0.6) is 5.75 Å². The van der Waals surface area contributed by atoms with Gasteiger partial charge in [-0.25, -0.2) is 13.8 Å². The molecule has 0 saturated carbocycles. The summed E-state index contributed by atoms with van der Waals surface area (Å²) in [4.78, 5) is 4.28. The molecule has 0 aliphatic carbocycles. The standard InChI is InChI=1S/C21H21F2NO2/c1-5-25-18-11-13(21(2,3)4)9-10-14(18)17-12-26-20(24-17)19-15(22)7-6-8-16(19)23/h6-12H,5H2,1-4H3. The highest BCUT2D eigenvalue weighted by molar-refractivity contribution is 5.69. The molecule has 1 heterocycles. The van der Waals surface area contributed by atoms with Gasteiger partial charge in [0.25, 0.3) is 0 Å². The van der Waals surface area contributed by atoms with Crippen molar-refractivity contribution in [1.82, 2.24) is 4.98 Å². The molecule has 0 radical (unpaired) electrons. The molecule has 0 N–H and O–H groups in total. The first-order chi connectivity index (χ1) is 12.3. The molecule has 1 aromatic heterocycles. The molecule has 3 aromatic rings. The van der Waals surface area contributed by atoms with Crippen LogP contribution in [0.15, 0.2) is 47.1 Å². The summed E-state index contributed by atoms with van der Waals surface area (Å²) in [6.07, 6.45) is 1.38. The highest BCUT2D eigenvalue weighted by atomic mass is 19.1. The van der Waals surface area contributed by atoms with E-state index in [0.717, 1.165) is 5.56 Å². The molecule has 5 heteroatoms. The van der Waals surface area contributed by atoms with E-state index in [1.807, 2.05) is 25.1 Å². The van der Waals surface area contributed by atoms with Crippen LogP contribution < -0.4 is 4.74 Å². The van der Waals surface area contributed by atoms with Gasteiger partial charge in [-0.15, -0.1) is 0 Å². The van der Waals surface area contributed by atoms with Crippen molar-refractivity contribution in [3.05, 3.63) is 59.9 Å². The molecular formula is C21H21F2NO2. The fourth-order valence-electron chi connectivity index (χ4n) is 2.69. The fourth-order valence-corrected chi connectivity index (χ4v) is 2.69. The lowest BCUT2D eigenvalue weighted by Gasteiger charge is -2.21. The van der Waals surface area contributed by atoms with Crippen molar-refractivity contribution >= 4 is 0 Å². The van der Waals surface area contributed by atoms with Crippen molar-refractivity contribution in [2.75, 3.05) is 6.61 Å². The van der Waals surface area contributed by atoms with Crippen molar-refractivity contribution in [3.8, 4) is 28.5 Å². The average Bonchev–Trinajstić information content (AvgIpc) is 3.03. The maximum Gasteiger partial charge on any atom is 0.232 e. The van der Waals surface area contributed by atoms with Crippen LogP contribution in [0, 0.1) is 11.6 Å². The van der Waals surface area contributed by atoms with E-state index in [9.17, 15) is 8.78 Å². The molecule has 0 fully saturated rings. The van der Waals surface area contributed by atoms with E-state index in [0.29, 0.717) is 23.6 Å². The third-order valence-electron chi connectivity index (χ3n) is 4.10. The van der Waals surface area contributed by atoms with Crippen molar-refractivity contribution in [2.45, 2.75) is 33.1 Å². The second-order valence-corrected chi connectivity index (χ2v) is 7.03. The zero-order valence-electron chi connectivity index (χ0n) is 15.3. The Bertz CT molecular complexity index is 906. The van der Waals surface area contributed by atoms with E-state index in [1.165, 1.54) is 24.5 Å². The monoisotopic (exact) mass is 357 g/mol. The van der Waals surface area contributed by atoms with Crippen LogP contribution in [-0.4, -0.2) is 11.6 Å². The number of hydrogen-bond acceptors (Lipinski definition) is 3. The molecule has 0 spiro atoms. The first kappa shape index (κ1) is 18.1. The maximum absolute atomic E-state index is 14.0. The zero-order valence-corrected chi connectivity index (χ0v) is 15.3. The average molecular weight is 357 g/mol. The summed E-state index contributed by atoms with van der Waals surface area (Å²) >= 11 is 0. The Hall–Kier alpha value is -2.69. The Balaban J connectivity index is 2.06. The molecule has 0 aliphatic heterocycles. The lowest BCUT2D eigenvalue weighted by atomic mass is 9.86. The van der Waals surface area contributed by atoms with Gasteiger partial charge in [0.05, 0.1) is 6.61 Å². The molecule has 2 aromatic carbocycles. The second-order valence-electron chi connectivity index (χ2n) is 7.03. The number of hydrogen-bond donors (Lipinski definition) is 0. The van der Waals surface area contributed by atoms with Crippen LogP contribution in [0.1, 0.15) is 33.3 Å². The van der Waals surface area contributed by atoms with Crippen LogP contribution >= 0.6 is 0 Å². The van der Waals surface area contributed by atoms with Gasteiger partial charge < -0.3 is 9.15 Å². The first-order valence-corrected chi connectivity index (χ1v) is 8.49. The second kappa shape index (κ2) is 6.90. The topological polar surface area (TPSA) is 35.3 Å². The molecule has 0 bridgehead atoms. The first-order valence-electron chi connectivity index (χ1n) is 8.49. The Labute approximate surface area is 151 Å². The van der Waals surface area contributed by atoms with E-state index < -0.39 is 11.6 Å². The Morgan fingerprint density at radius 1 is 1.08 bits per heavy atom. The van der Waals surface area contributed by atoms with Crippen LogP contribution in [0.4, 0.5) is 8.78 Å². The Morgan fingerprint density at radius 2 is 1.77 bits per heavy atom. The molecule has 0 atom stereocenters. The SMILES string of the molecule is CCOc1cc(C(C)(C)C)ccc1-c1coc(-c2c(F)cccc2F)n1. The van der Waals surface area contributed by atoms with Gasteiger partial charge in [-0.2, -0.15) is 0 Å². The van der Waals surface area contributed by atoms with Gasteiger partial charge in [0.2, 0.25) is 5.89 Å². The van der Waals surface area contributed by atoms with Gasteiger partial charge in [-0.3, -0.25) is 0 Å². The predicted octanol–water partition coefficient (Wildman–Crippen LogP) is 5.98. The minimum atomic E-state index is -0.716. The fraction of sp³-hybridized carbons (Fsp3) is 0.286. The summed E-state index contributed by atoms with van der Waals surface area (Å²) in [6.45, 7) is 8.75. The van der Waals surface area contributed by atoms with E-state index >= 15 is 0 Å². The van der Waals surface area contributed by atoms with Crippen molar-refractivity contribution in [1.29, 1.82) is 0 Å². The van der Waals surface area contributed by atoms with Crippen molar-refractivity contribution in [2.24, 2.45) is 0 Å². The van der Waals surface area contributed by atoms with Gasteiger partial charge in [-0.05, 0) is 42.2 Å². The normalized spacial score (nSPS) is 11.6. The third-order valence-corrected chi connectivity index (χ3v) is 4.10. The molecule has 3 rings (SSSR count). The van der Waals surface area contributed by atoms with Crippen LogP contribution in [0.2, 0.25) is 0 Å². The van der Waals surface area contributed by atoms with Crippen LogP contribution in [0.25, 0.3) is 22.7 Å². The Kier molecular flexibility index (Phi) is 4.81. The largest absolute Gasteiger partial charge is 0.493 e. The predicted molar refractivity (Wildman–Crippen MR) is 97.2 cm³/mol. The number of ether oxygens (including phenoxy) is 1. The van der Waals surface area contributed by atoms with Gasteiger partial charge in [0.15, 0.2) is 0 Å². The third kappa shape index (κ3) is 3.47. The highest BCUT2D eigenvalue weighted by Gasteiger charge is 2.21. The number of aromatic nitrogens is 1. The quantitative estimate of drug-likeness (QED) is 0.576. The summed E-state index contributed by atoms with van der Waals surface area (Å²) in [5, 5.41) is 0. The van der Waals surface area contributed by atoms with E-state index in [2.05, 4.69) is 25.8 Å². The lowest BCUT2D eigenvalue weighted by Crippen LogP contribution is -2.11. The molecule has 0 amide bonds. The molecule has 0 saturated heterocycles. The Morgan fingerprint density at radius 3 is 2.38 bits per heavy atom. The van der Waals surface area contributed by atoms with E-state index in [1.54, 1.807) is 0 Å². The van der Waals surface area contributed by atoms with Gasteiger partial charge in [0, 0.05) is 5.56 Å². The summed E-state index contributed by atoms with van der Waals surface area (Å²) < 4.78 is 39.0. The van der Waals surface area contributed by atoms with Crippen LogP contribution in [-0.2, 0) is 5.41 Å². The van der Waals surface area contributed by atoms with Crippen LogP contribution in [0.3, 0.4) is 0 Å². The highest BCUT2D eigenvalue weighted by Crippen LogP contribution is 2.36. The summed E-state index contributed by atoms with van der Waals surface area (Å²) in [7, 11) is 0. The smallest absolute Gasteiger partial charge is 0.232 e. The molecule has 0 unspecified atom stereocenters. The zero-order chi connectivity index (χ0) is 18.9. The van der Waals surface area contributed by atoms with Crippen molar-refractivity contribution in [3.63, 3.8) is 0 Å². The molecule has 26 heavy (non-hydrogen) atoms. The molecule has 0 aliphatic rings. The molecular weight excluding hydrogens is 336 g/mol. The minimum Gasteiger partial charge on any atom is -0.493 e. The van der Waals surface area contributed by atoms with E-state index in [4.69, 9.17) is 9.15 Å². The van der Waals surface area contributed by atoms with Gasteiger partial charge in [0.1, 0.15) is 34.9 Å². The number of halogens is 2. The number of oxazole rings is 1. The summed E-state index contributed by atoms with van der Waals surface area (Å²) in [5.74, 6) is -0.871. The number of nitrogens with zero attached hydrogens (tertiary/aromatic N) is 1. The summed E-state index contributed by atoms with van der Waals surface area (Å²) in [5.41, 5.74) is 1.99. The molecule has 3 nitrogen and oxygen atoms in total. The summed E-state index contributed by atoms with van der Waals surface area (Å²) in [6, 6.07) is 9.51. The van der Waals surface area contributed by atoms with Crippen molar-refractivity contribution < 1.29 is 17.9 Å². The number of benzene rings is 2. The lowest BCUT2D eigenvalue weighted by molar-refractivity contribution is 0.340. The minimum absolute atomic E-state index is 0.0321. The maximum atomic E-state index is 14.0.